The molecular formula is C22H27FN4O2. The third-order valence-corrected chi connectivity index (χ3v) is 6.11. The summed E-state index contributed by atoms with van der Waals surface area (Å²) in [4.78, 5) is 33.3. The number of nitrogens with zero attached hydrogens (tertiary/aromatic N) is 4. The number of likely N-dealkylation sites (tertiary alicyclic amines) is 1. The van der Waals surface area contributed by atoms with Crippen LogP contribution in [0, 0.1) is 17.7 Å². The average molecular weight is 398 g/mol. The minimum Gasteiger partial charge on any atom is -0.342 e. The van der Waals surface area contributed by atoms with Crippen molar-refractivity contribution in [3.8, 4) is 0 Å². The van der Waals surface area contributed by atoms with Gasteiger partial charge in [-0.05, 0) is 43.0 Å². The SMILES string of the molecule is CCc1nccn1CC1CCN(C(=O)C2CC(=O)N(c3ccc(F)cc3)C2)CC1. The standard InChI is InChI=1S/C22H27FN4O2/c1-2-20-24-9-12-26(20)14-16-7-10-25(11-8-16)22(29)17-13-21(28)27(15-17)19-5-3-18(23)4-6-19/h3-6,9,12,16-17H,2,7-8,10-11,13-15H2,1H3. The second-order valence-electron chi connectivity index (χ2n) is 8.00. The molecule has 3 heterocycles. The first kappa shape index (κ1) is 19.6. The van der Waals surface area contributed by atoms with Crippen LogP contribution < -0.4 is 4.90 Å². The lowest BCUT2D eigenvalue weighted by atomic mass is 9.95. The summed E-state index contributed by atoms with van der Waals surface area (Å²) >= 11 is 0. The molecule has 2 aromatic rings. The van der Waals surface area contributed by atoms with Crippen LogP contribution in [0.2, 0.25) is 0 Å². The van der Waals surface area contributed by atoms with Crippen LogP contribution in [0.25, 0.3) is 0 Å². The van der Waals surface area contributed by atoms with Gasteiger partial charge in [0.1, 0.15) is 11.6 Å². The molecule has 2 aliphatic heterocycles. The zero-order valence-corrected chi connectivity index (χ0v) is 16.8. The van der Waals surface area contributed by atoms with Crippen LogP contribution in [0.5, 0.6) is 0 Å². The van der Waals surface area contributed by atoms with Crippen molar-refractivity contribution < 1.29 is 14.0 Å². The molecule has 2 amide bonds. The van der Waals surface area contributed by atoms with Gasteiger partial charge in [0, 0.05) is 57.1 Å². The molecule has 1 aromatic carbocycles. The topological polar surface area (TPSA) is 58.4 Å². The zero-order valence-electron chi connectivity index (χ0n) is 16.8. The predicted molar refractivity (Wildman–Crippen MR) is 108 cm³/mol. The summed E-state index contributed by atoms with van der Waals surface area (Å²) in [6.07, 6.45) is 6.96. The van der Waals surface area contributed by atoms with Crippen molar-refractivity contribution in [2.45, 2.75) is 39.2 Å². The number of amides is 2. The molecule has 2 saturated heterocycles. The summed E-state index contributed by atoms with van der Waals surface area (Å²) in [7, 11) is 0. The minimum atomic E-state index is -0.336. The van der Waals surface area contributed by atoms with Crippen molar-refractivity contribution in [1.82, 2.24) is 14.5 Å². The zero-order chi connectivity index (χ0) is 20.4. The highest BCUT2D eigenvalue weighted by atomic mass is 19.1. The molecule has 154 valence electrons. The highest BCUT2D eigenvalue weighted by Gasteiger charge is 2.38. The van der Waals surface area contributed by atoms with E-state index in [9.17, 15) is 14.0 Å². The van der Waals surface area contributed by atoms with Crippen molar-refractivity contribution in [1.29, 1.82) is 0 Å². The Morgan fingerprint density at radius 1 is 1.21 bits per heavy atom. The first-order chi connectivity index (χ1) is 14.0. The number of carbonyl (C=O) groups excluding carboxylic acids is 2. The second-order valence-corrected chi connectivity index (χ2v) is 8.00. The minimum absolute atomic E-state index is 0.0679. The first-order valence-electron chi connectivity index (χ1n) is 10.4. The van der Waals surface area contributed by atoms with Crippen LogP contribution in [0.3, 0.4) is 0 Å². The largest absolute Gasteiger partial charge is 0.342 e. The first-order valence-corrected chi connectivity index (χ1v) is 10.4. The number of imidazole rings is 1. The number of piperidine rings is 1. The van der Waals surface area contributed by atoms with Crippen LogP contribution in [-0.4, -0.2) is 45.9 Å². The highest BCUT2D eigenvalue weighted by molar-refractivity contribution is 6.00. The fourth-order valence-corrected chi connectivity index (χ4v) is 4.44. The summed E-state index contributed by atoms with van der Waals surface area (Å²) in [5, 5.41) is 0. The lowest BCUT2D eigenvalue weighted by molar-refractivity contribution is -0.137. The van der Waals surface area contributed by atoms with E-state index < -0.39 is 0 Å². The van der Waals surface area contributed by atoms with Crippen LogP contribution in [0.15, 0.2) is 36.7 Å². The number of rotatable bonds is 5. The maximum atomic E-state index is 13.1. The van der Waals surface area contributed by atoms with Crippen molar-refractivity contribution in [2.24, 2.45) is 11.8 Å². The third kappa shape index (κ3) is 4.18. The molecule has 1 atom stereocenters. The molecule has 0 spiro atoms. The summed E-state index contributed by atoms with van der Waals surface area (Å²) in [6, 6.07) is 5.86. The molecule has 4 rings (SSSR count). The number of aryl methyl sites for hydroxylation is 1. The molecule has 1 unspecified atom stereocenters. The average Bonchev–Trinajstić information content (AvgIpc) is 3.35. The van der Waals surface area contributed by atoms with Gasteiger partial charge in [-0.2, -0.15) is 0 Å². The fraction of sp³-hybridized carbons (Fsp3) is 0.500. The summed E-state index contributed by atoms with van der Waals surface area (Å²) in [5.41, 5.74) is 0.650. The van der Waals surface area contributed by atoms with E-state index in [1.807, 2.05) is 17.3 Å². The molecule has 2 fully saturated rings. The Balaban J connectivity index is 1.31. The van der Waals surface area contributed by atoms with E-state index in [-0.39, 0.29) is 30.0 Å². The quantitative estimate of drug-likeness (QED) is 0.778. The number of carbonyl (C=O) groups is 2. The van der Waals surface area contributed by atoms with Gasteiger partial charge < -0.3 is 14.4 Å². The number of anilines is 1. The number of benzene rings is 1. The molecule has 1 aromatic heterocycles. The maximum Gasteiger partial charge on any atom is 0.228 e. The van der Waals surface area contributed by atoms with Crippen molar-refractivity contribution in [3.05, 3.63) is 48.3 Å². The molecular weight excluding hydrogens is 371 g/mol. The highest BCUT2D eigenvalue weighted by Crippen LogP contribution is 2.28. The van der Waals surface area contributed by atoms with E-state index in [4.69, 9.17) is 0 Å². The third-order valence-electron chi connectivity index (χ3n) is 6.11. The molecule has 0 N–H and O–H groups in total. The summed E-state index contributed by atoms with van der Waals surface area (Å²) in [6.45, 7) is 4.91. The Morgan fingerprint density at radius 2 is 1.93 bits per heavy atom. The molecule has 7 heteroatoms. The fourth-order valence-electron chi connectivity index (χ4n) is 4.44. The van der Waals surface area contributed by atoms with E-state index in [2.05, 4.69) is 16.5 Å². The number of hydrogen-bond donors (Lipinski definition) is 0. The number of aromatic nitrogens is 2. The normalized spacial score (nSPS) is 20.5. The molecule has 0 radical (unpaired) electrons. The van der Waals surface area contributed by atoms with Gasteiger partial charge in [0.15, 0.2) is 0 Å². The van der Waals surface area contributed by atoms with Gasteiger partial charge in [-0.1, -0.05) is 6.92 Å². The van der Waals surface area contributed by atoms with Gasteiger partial charge in [0.2, 0.25) is 11.8 Å². The van der Waals surface area contributed by atoms with Crippen molar-refractivity contribution in [3.63, 3.8) is 0 Å². The van der Waals surface area contributed by atoms with Gasteiger partial charge in [0.05, 0.1) is 5.92 Å². The Bertz CT molecular complexity index is 871. The Kier molecular flexibility index (Phi) is 5.65. The smallest absolute Gasteiger partial charge is 0.228 e. The van der Waals surface area contributed by atoms with Crippen LogP contribution in [-0.2, 0) is 22.6 Å². The summed E-state index contributed by atoms with van der Waals surface area (Å²) < 4.78 is 15.4. The van der Waals surface area contributed by atoms with Gasteiger partial charge in [-0.15, -0.1) is 0 Å². The van der Waals surface area contributed by atoms with Crippen LogP contribution in [0.4, 0.5) is 10.1 Å². The van der Waals surface area contributed by atoms with E-state index in [1.165, 1.54) is 12.1 Å². The van der Waals surface area contributed by atoms with Crippen molar-refractivity contribution in [2.75, 3.05) is 24.5 Å². The molecule has 0 aliphatic carbocycles. The van der Waals surface area contributed by atoms with Gasteiger partial charge >= 0.3 is 0 Å². The monoisotopic (exact) mass is 398 g/mol. The van der Waals surface area contributed by atoms with E-state index in [0.29, 0.717) is 18.2 Å². The van der Waals surface area contributed by atoms with Crippen molar-refractivity contribution >= 4 is 17.5 Å². The lowest BCUT2D eigenvalue weighted by Crippen LogP contribution is -2.43. The molecule has 6 nitrogen and oxygen atoms in total. The van der Waals surface area contributed by atoms with Gasteiger partial charge in [0.25, 0.3) is 0 Å². The van der Waals surface area contributed by atoms with E-state index in [1.54, 1.807) is 17.0 Å². The summed E-state index contributed by atoms with van der Waals surface area (Å²) in [5.74, 6) is 0.991. The molecule has 29 heavy (non-hydrogen) atoms. The maximum absolute atomic E-state index is 13.1. The molecule has 0 saturated carbocycles. The van der Waals surface area contributed by atoms with Gasteiger partial charge in [-0.3, -0.25) is 9.59 Å². The second kappa shape index (κ2) is 8.35. The van der Waals surface area contributed by atoms with Crippen LogP contribution >= 0.6 is 0 Å². The number of halogens is 1. The molecule has 0 bridgehead atoms. The Morgan fingerprint density at radius 3 is 2.62 bits per heavy atom. The Labute approximate surface area is 170 Å². The number of hydrogen-bond acceptors (Lipinski definition) is 3. The van der Waals surface area contributed by atoms with Gasteiger partial charge in [-0.25, -0.2) is 9.37 Å². The lowest BCUT2D eigenvalue weighted by Gasteiger charge is -2.33. The Hall–Kier alpha value is -2.70. The molecule has 2 aliphatic rings. The predicted octanol–water partition coefficient (Wildman–Crippen LogP) is 2.88. The van der Waals surface area contributed by atoms with E-state index >= 15 is 0 Å². The van der Waals surface area contributed by atoms with Crippen LogP contribution in [0.1, 0.15) is 32.0 Å². The van der Waals surface area contributed by atoms with E-state index in [0.717, 1.165) is 44.7 Å².